The normalized spacial score (nSPS) is 17.9. The number of rotatable bonds is 3. The Morgan fingerprint density at radius 2 is 2.06 bits per heavy atom. The molecule has 94 valence electrons. The summed E-state index contributed by atoms with van der Waals surface area (Å²) in [6.07, 6.45) is -2.17. The quantitative estimate of drug-likeness (QED) is 0.836. The molecule has 2 rings (SSSR count). The van der Waals surface area contributed by atoms with E-state index in [1.165, 1.54) is 0 Å². The molecular weight excluding hydrogens is 253 g/mol. The summed E-state index contributed by atoms with van der Waals surface area (Å²) in [5.41, 5.74) is -0.775. The van der Waals surface area contributed by atoms with Crippen LogP contribution in [0.2, 0.25) is 5.15 Å². The average Bonchev–Trinajstić information content (AvgIpc) is 2.97. The Morgan fingerprint density at radius 3 is 2.59 bits per heavy atom. The molecule has 0 aromatic carbocycles. The molecule has 0 amide bonds. The maximum atomic E-state index is 12.5. The van der Waals surface area contributed by atoms with Gasteiger partial charge in [0.1, 0.15) is 11.0 Å². The largest absolute Gasteiger partial charge is 0.416 e. The summed E-state index contributed by atoms with van der Waals surface area (Å²) < 4.78 is 37.6. The van der Waals surface area contributed by atoms with E-state index in [0.717, 1.165) is 25.0 Å². The van der Waals surface area contributed by atoms with Crippen LogP contribution in [-0.4, -0.2) is 11.0 Å². The van der Waals surface area contributed by atoms with Gasteiger partial charge in [0.15, 0.2) is 0 Å². The lowest BCUT2D eigenvalue weighted by atomic mass is 10.2. The lowest BCUT2D eigenvalue weighted by molar-refractivity contribution is -0.137. The topological polar surface area (TPSA) is 24.9 Å². The van der Waals surface area contributed by atoms with Crippen LogP contribution in [0.4, 0.5) is 19.0 Å². The molecule has 0 aliphatic heterocycles. The average molecular weight is 265 g/mol. The van der Waals surface area contributed by atoms with E-state index in [2.05, 4.69) is 10.3 Å². The molecule has 1 saturated carbocycles. The predicted molar refractivity (Wildman–Crippen MR) is 60.1 cm³/mol. The van der Waals surface area contributed by atoms with Crippen molar-refractivity contribution in [3.8, 4) is 0 Å². The summed E-state index contributed by atoms with van der Waals surface area (Å²) in [4.78, 5) is 3.85. The smallest absolute Gasteiger partial charge is 0.367 e. The number of hydrogen-bond acceptors (Lipinski definition) is 2. The summed E-state index contributed by atoms with van der Waals surface area (Å²) in [6.45, 7) is 1.94. The van der Waals surface area contributed by atoms with Crippen molar-refractivity contribution in [3.05, 3.63) is 22.8 Å². The second-order valence-electron chi connectivity index (χ2n) is 4.33. The molecule has 1 aromatic rings. The van der Waals surface area contributed by atoms with Crippen molar-refractivity contribution in [1.29, 1.82) is 0 Å². The molecule has 1 atom stereocenters. The molecule has 2 nitrogen and oxygen atoms in total. The summed E-state index contributed by atoms with van der Waals surface area (Å²) in [7, 11) is 0. The first-order valence-electron chi connectivity index (χ1n) is 5.37. The van der Waals surface area contributed by atoms with Crippen molar-refractivity contribution in [3.63, 3.8) is 0 Å². The third-order valence-electron chi connectivity index (χ3n) is 2.83. The summed E-state index contributed by atoms with van der Waals surface area (Å²) >= 11 is 5.58. The number of hydrogen-bond donors (Lipinski definition) is 1. The van der Waals surface area contributed by atoms with Crippen LogP contribution in [0.3, 0.4) is 0 Å². The van der Waals surface area contributed by atoms with Crippen LogP contribution in [0.25, 0.3) is 0 Å². The molecule has 0 radical (unpaired) electrons. The van der Waals surface area contributed by atoms with E-state index in [0.29, 0.717) is 5.92 Å². The Labute approximate surface area is 102 Å². The second kappa shape index (κ2) is 4.37. The van der Waals surface area contributed by atoms with Gasteiger partial charge >= 0.3 is 6.18 Å². The van der Waals surface area contributed by atoms with Gasteiger partial charge in [0.2, 0.25) is 0 Å². The molecule has 1 N–H and O–H groups in total. The highest BCUT2D eigenvalue weighted by molar-refractivity contribution is 6.29. The number of anilines is 1. The minimum Gasteiger partial charge on any atom is -0.367 e. The van der Waals surface area contributed by atoms with Gasteiger partial charge < -0.3 is 5.32 Å². The van der Waals surface area contributed by atoms with Crippen LogP contribution >= 0.6 is 11.6 Å². The number of aromatic nitrogens is 1. The SMILES string of the molecule is CC(Nc1cc(C(F)(F)F)cc(Cl)n1)C1CC1. The highest BCUT2D eigenvalue weighted by atomic mass is 35.5. The van der Waals surface area contributed by atoms with Gasteiger partial charge in [0, 0.05) is 6.04 Å². The van der Waals surface area contributed by atoms with E-state index in [4.69, 9.17) is 11.6 Å². The van der Waals surface area contributed by atoms with E-state index in [9.17, 15) is 13.2 Å². The first-order valence-corrected chi connectivity index (χ1v) is 5.75. The van der Waals surface area contributed by atoms with E-state index in [1.807, 2.05) is 6.92 Å². The van der Waals surface area contributed by atoms with Gasteiger partial charge in [-0.3, -0.25) is 0 Å². The Balaban J connectivity index is 2.19. The first kappa shape index (κ1) is 12.5. The highest BCUT2D eigenvalue weighted by Gasteiger charge is 2.32. The van der Waals surface area contributed by atoms with E-state index in [1.54, 1.807) is 0 Å². The first-order chi connectivity index (χ1) is 7.86. The minimum absolute atomic E-state index is 0.127. The molecule has 1 unspecified atom stereocenters. The van der Waals surface area contributed by atoms with Crippen molar-refractivity contribution in [2.24, 2.45) is 5.92 Å². The Kier molecular flexibility index (Phi) is 3.21. The predicted octanol–water partition coefficient (Wildman–Crippen LogP) is 3.96. The summed E-state index contributed by atoms with van der Waals surface area (Å²) in [6, 6.07) is 1.95. The van der Waals surface area contributed by atoms with Gasteiger partial charge in [0.05, 0.1) is 5.56 Å². The molecule has 1 aliphatic rings. The zero-order chi connectivity index (χ0) is 12.6. The van der Waals surface area contributed by atoms with Crippen molar-refractivity contribution in [1.82, 2.24) is 4.98 Å². The van der Waals surface area contributed by atoms with Crippen molar-refractivity contribution in [2.75, 3.05) is 5.32 Å². The standard InChI is InChI=1S/C11H12ClF3N2/c1-6(7-2-3-7)16-10-5-8(11(13,14)15)4-9(12)17-10/h4-7H,2-3H2,1H3,(H,16,17). The second-order valence-corrected chi connectivity index (χ2v) is 4.72. The maximum Gasteiger partial charge on any atom is 0.416 e. The summed E-state index contributed by atoms with van der Waals surface area (Å²) in [5, 5.41) is 2.81. The number of pyridine rings is 1. The molecule has 17 heavy (non-hydrogen) atoms. The third kappa shape index (κ3) is 3.25. The van der Waals surface area contributed by atoms with Gasteiger partial charge in [0.25, 0.3) is 0 Å². The van der Waals surface area contributed by atoms with Crippen LogP contribution in [0.5, 0.6) is 0 Å². The maximum absolute atomic E-state index is 12.5. The van der Waals surface area contributed by atoms with Gasteiger partial charge in [-0.1, -0.05) is 11.6 Å². The number of alkyl halides is 3. The molecule has 1 heterocycles. The van der Waals surface area contributed by atoms with E-state index < -0.39 is 11.7 Å². The fraction of sp³-hybridized carbons (Fsp3) is 0.545. The number of halogens is 4. The fourth-order valence-corrected chi connectivity index (χ4v) is 1.89. The molecular formula is C11H12ClF3N2. The van der Waals surface area contributed by atoms with Crippen molar-refractivity contribution < 1.29 is 13.2 Å². The lowest BCUT2D eigenvalue weighted by Crippen LogP contribution is -2.19. The highest BCUT2D eigenvalue weighted by Crippen LogP contribution is 2.35. The molecule has 0 spiro atoms. The third-order valence-corrected chi connectivity index (χ3v) is 3.02. The van der Waals surface area contributed by atoms with E-state index >= 15 is 0 Å². The van der Waals surface area contributed by atoms with Gasteiger partial charge in [-0.2, -0.15) is 13.2 Å². The van der Waals surface area contributed by atoms with Gasteiger partial charge in [-0.15, -0.1) is 0 Å². The molecule has 1 aliphatic carbocycles. The molecule has 1 fully saturated rings. The molecule has 0 saturated heterocycles. The molecule has 0 bridgehead atoms. The zero-order valence-corrected chi connectivity index (χ0v) is 9.94. The Hall–Kier alpha value is -0.970. The monoisotopic (exact) mass is 264 g/mol. The van der Waals surface area contributed by atoms with Crippen LogP contribution in [0, 0.1) is 5.92 Å². The van der Waals surface area contributed by atoms with Gasteiger partial charge in [-0.25, -0.2) is 4.98 Å². The van der Waals surface area contributed by atoms with Crippen molar-refractivity contribution >= 4 is 17.4 Å². The Morgan fingerprint density at radius 1 is 1.41 bits per heavy atom. The van der Waals surface area contributed by atoms with Gasteiger partial charge in [-0.05, 0) is 37.8 Å². The minimum atomic E-state index is -4.40. The zero-order valence-electron chi connectivity index (χ0n) is 9.18. The molecule has 1 aromatic heterocycles. The van der Waals surface area contributed by atoms with Crippen LogP contribution in [0.15, 0.2) is 12.1 Å². The van der Waals surface area contributed by atoms with Crippen molar-refractivity contribution in [2.45, 2.75) is 32.0 Å². The van der Waals surface area contributed by atoms with Crippen LogP contribution in [-0.2, 0) is 6.18 Å². The summed E-state index contributed by atoms with van der Waals surface area (Å²) in [5.74, 6) is 0.717. The lowest BCUT2D eigenvalue weighted by Gasteiger charge is -2.15. The van der Waals surface area contributed by atoms with E-state index in [-0.39, 0.29) is 17.0 Å². The number of nitrogens with one attached hydrogen (secondary N) is 1. The van der Waals surface area contributed by atoms with Crippen LogP contribution in [0.1, 0.15) is 25.3 Å². The fourth-order valence-electron chi connectivity index (χ4n) is 1.68. The Bertz CT molecular complexity index is 416. The number of nitrogens with zero attached hydrogens (tertiary/aromatic N) is 1. The molecule has 6 heteroatoms. The van der Waals surface area contributed by atoms with Crippen LogP contribution < -0.4 is 5.32 Å².